The summed E-state index contributed by atoms with van der Waals surface area (Å²) in [6, 6.07) is 24.7. The number of nitrogens with zero attached hydrogens (tertiary/aromatic N) is 1. The van der Waals surface area contributed by atoms with Crippen molar-refractivity contribution in [3.8, 4) is 17.2 Å². The minimum atomic E-state index is -0.160. The molecule has 0 atom stereocenters. The minimum Gasteiger partial charge on any atom is -0.497 e. The van der Waals surface area contributed by atoms with E-state index < -0.39 is 0 Å². The van der Waals surface area contributed by atoms with Gasteiger partial charge in [-0.1, -0.05) is 55.1 Å². The maximum absolute atomic E-state index is 12.9. The molecule has 4 nitrogen and oxygen atoms in total. The molecule has 0 saturated heterocycles. The van der Waals surface area contributed by atoms with Gasteiger partial charge in [-0.2, -0.15) is 0 Å². The van der Waals surface area contributed by atoms with E-state index in [1.807, 2.05) is 72.8 Å². The van der Waals surface area contributed by atoms with Crippen LogP contribution < -0.4 is 14.4 Å². The second-order valence-corrected chi connectivity index (χ2v) is 6.41. The summed E-state index contributed by atoms with van der Waals surface area (Å²) in [6.07, 6.45) is 0. The molecule has 0 aromatic heterocycles. The lowest BCUT2D eigenvalue weighted by atomic mass is 10.1. The van der Waals surface area contributed by atoms with E-state index in [2.05, 4.69) is 6.58 Å². The molecule has 3 aromatic carbocycles. The van der Waals surface area contributed by atoms with Crippen LogP contribution in [-0.4, -0.2) is 13.0 Å². The molecule has 4 heteroatoms. The SMILES string of the molecule is C=C(C)C(=O)N(Cc1ccccc1)c1ccc(OC)cc1Oc1ccccc1. The smallest absolute Gasteiger partial charge is 0.253 e. The number of carbonyl (C=O) groups is 1. The number of benzene rings is 3. The molecule has 28 heavy (non-hydrogen) atoms. The Balaban J connectivity index is 2.05. The number of carbonyl (C=O) groups excluding carboxylic acids is 1. The number of ether oxygens (including phenoxy) is 2. The normalized spacial score (nSPS) is 10.2. The molecule has 3 aromatic rings. The monoisotopic (exact) mass is 373 g/mol. The zero-order chi connectivity index (χ0) is 19.9. The van der Waals surface area contributed by atoms with Gasteiger partial charge >= 0.3 is 0 Å². The maximum atomic E-state index is 12.9. The first-order valence-electron chi connectivity index (χ1n) is 9.00. The van der Waals surface area contributed by atoms with Crippen LogP contribution in [0.4, 0.5) is 5.69 Å². The van der Waals surface area contributed by atoms with E-state index in [1.165, 1.54) is 0 Å². The molecular weight excluding hydrogens is 350 g/mol. The third-order valence-corrected chi connectivity index (χ3v) is 4.22. The van der Waals surface area contributed by atoms with Gasteiger partial charge in [-0.15, -0.1) is 0 Å². The van der Waals surface area contributed by atoms with Crippen molar-refractivity contribution in [3.05, 3.63) is 96.6 Å². The summed E-state index contributed by atoms with van der Waals surface area (Å²) in [5, 5.41) is 0. The highest BCUT2D eigenvalue weighted by Gasteiger charge is 2.21. The van der Waals surface area contributed by atoms with Gasteiger partial charge in [-0.25, -0.2) is 0 Å². The molecule has 0 saturated carbocycles. The Morgan fingerprint density at radius 1 is 0.929 bits per heavy atom. The van der Waals surface area contributed by atoms with Crippen molar-refractivity contribution in [2.75, 3.05) is 12.0 Å². The van der Waals surface area contributed by atoms with Crippen molar-refractivity contribution in [1.29, 1.82) is 0 Å². The molecule has 0 radical (unpaired) electrons. The fraction of sp³-hybridized carbons (Fsp3) is 0.125. The van der Waals surface area contributed by atoms with Gasteiger partial charge in [-0.3, -0.25) is 4.79 Å². The molecule has 0 spiro atoms. The van der Waals surface area contributed by atoms with Gasteiger partial charge in [-0.05, 0) is 36.8 Å². The number of para-hydroxylation sites is 1. The maximum Gasteiger partial charge on any atom is 0.253 e. The summed E-state index contributed by atoms with van der Waals surface area (Å²) in [6.45, 7) is 5.95. The lowest BCUT2D eigenvalue weighted by molar-refractivity contribution is -0.115. The summed E-state index contributed by atoms with van der Waals surface area (Å²) in [5.74, 6) is 1.71. The van der Waals surface area contributed by atoms with Crippen LogP contribution in [0.3, 0.4) is 0 Å². The van der Waals surface area contributed by atoms with Crippen molar-refractivity contribution < 1.29 is 14.3 Å². The van der Waals surface area contributed by atoms with Crippen LogP contribution in [0.5, 0.6) is 17.2 Å². The largest absolute Gasteiger partial charge is 0.497 e. The Morgan fingerprint density at radius 3 is 2.18 bits per heavy atom. The number of hydrogen-bond donors (Lipinski definition) is 0. The lowest BCUT2D eigenvalue weighted by Crippen LogP contribution is -2.31. The van der Waals surface area contributed by atoms with Gasteiger partial charge in [0.2, 0.25) is 0 Å². The van der Waals surface area contributed by atoms with E-state index in [9.17, 15) is 4.79 Å². The Kier molecular flexibility index (Phi) is 6.12. The summed E-state index contributed by atoms with van der Waals surface area (Å²) >= 11 is 0. The number of anilines is 1. The van der Waals surface area contributed by atoms with E-state index in [4.69, 9.17) is 9.47 Å². The zero-order valence-electron chi connectivity index (χ0n) is 16.1. The number of methoxy groups -OCH3 is 1. The first-order chi connectivity index (χ1) is 13.6. The molecule has 0 aliphatic carbocycles. The van der Waals surface area contributed by atoms with Crippen molar-refractivity contribution in [2.45, 2.75) is 13.5 Å². The van der Waals surface area contributed by atoms with Gasteiger partial charge in [0.05, 0.1) is 19.3 Å². The molecule has 0 aliphatic heterocycles. The molecule has 0 fully saturated rings. The van der Waals surface area contributed by atoms with Gasteiger partial charge in [0.25, 0.3) is 5.91 Å². The molecule has 1 amide bonds. The summed E-state index contributed by atoms with van der Waals surface area (Å²) in [5.41, 5.74) is 2.12. The van der Waals surface area contributed by atoms with E-state index >= 15 is 0 Å². The Labute approximate surface area is 165 Å². The molecule has 0 bridgehead atoms. The predicted octanol–water partition coefficient (Wildman–Crippen LogP) is 5.60. The Bertz CT molecular complexity index is 952. The standard InChI is InChI=1S/C24H23NO3/c1-18(2)24(26)25(17-19-10-6-4-7-11-19)22-15-14-21(27-3)16-23(22)28-20-12-8-5-9-13-20/h4-16H,1,17H2,2-3H3. The molecule has 0 aliphatic rings. The van der Waals surface area contributed by atoms with Gasteiger partial charge in [0.15, 0.2) is 5.75 Å². The fourth-order valence-corrected chi connectivity index (χ4v) is 2.80. The van der Waals surface area contributed by atoms with Crippen molar-refractivity contribution in [2.24, 2.45) is 0 Å². The van der Waals surface area contributed by atoms with Gasteiger partial charge in [0, 0.05) is 11.6 Å². The van der Waals surface area contributed by atoms with Crippen LogP contribution in [0.1, 0.15) is 12.5 Å². The van der Waals surface area contributed by atoms with Crippen LogP contribution in [0.15, 0.2) is 91.0 Å². The van der Waals surface area contributed by atoms with Crippen molar-refractivity contribution in [3.63, 3.8) is 0 Å². The number of hydrogen-bond acceptors (Lipinski definition) is 3. The fourth-order valence-electron chi connectivity index (χ4n) is 2.80. The van der Waals surface area contributed by atoms with Gasteiger partial charge in [0.1, 0.15) is 11.5 Å². The third-order valence-electron chi connectivity index (χ3n) is 4.22. The molecule has 0 unspecified atom stereocenters. The quantitative estimate of drug-likeness (QED) is 0.506. The van der Waals surface area contributed by atoms with Crippen LogP contribution in [0, 0.1) is 0 Å². The average molecular weight is 373 g/mol. The topological polar surface area (TPSA) is 38.8 Å². The first kappa shape index (κ1) is 19.2. The lowest BCUT2D eigenvalue weighted by Gasteiger charge is -2.26. The van der Waals surface area contributed by atoms with Crippen LogP contribution in [0.2, 0.25) is 0 Å². The average Bonchev–Trinajstić information content (AvgIpc) is 2.73. The molecular formula is C24H23NO3. The van der Waals surface area contributed by atoms with E-state index in [0.29, 0.717) is 35.1 Å². The van der Waals surface area contributed by atoms with Crippen LogP contribution in [-0.2, 0) is 11.3 Å². The summed E-state index contributed by atoms with van der Waals surface area (Å²) in [7, 11) is 1.60. The minimum absolute atomic E-state index is 0.160. The highest BCUT2D eigenvalue weighted by Crippen LogP contribution is 2.37. The highest BCUT2D eigenvalue weighted by molar-refractivity contribution is 6.05. The van der Waals surface area contributed by atoms with E-state index in [1.54, 1.807) is 25.0 Å². The second kappa shape index (κ2) is 8.91. The van der Waals surface area contributed by atoms with Gasteiger partial charge < -0.3 is 14.4 Å². The van der Waals surface area contributed by atoms with Crippen LogP contribution >= 0.6 is 0 Å². The third kappa shape index (κ3) is 4.60. The van der Waals surface area contributed by atoms with Crippen LogP contribution in [0.25, 0.3) is 0 Å². The first-order valence-corrected chi connectivity index (χ1v) is 9.00. The summed E-state index contributed by atoms with van der Waals surface area (Å²) in [4.78, 5) is 14.6. The molecule has 142 valence electrons. The number of rotatable bonds is 7. The summed E-state index contributed by atoms with van der Waals surface area (Å²) < 4.78 is 11.4. The van der Waals surface area contributed by atoms with E-state index in [0.717, 1.165) is 5.56 Å². The zero-order valence-corrected chi connectivity index (χ0v) is 16.1. The van der Waals surface area contributed by atoms with E-state index in [-0.39, 0.29) is 5.91 Å². The molecule has 3 rings (SSSR count). The second-order valence-electron chi connectivity index (χ2n) is 6.41. The predicted molar refractivity (Wildman–Crippen MR) is 112 cm³/mol. The highest BCUT2D eigenvalue weighted by atomic mass is 16.5. The Hall–Kier alpha value is -3.53. The number of amides is 1. The van der Waals surface area contributed by atoms with Crippen molar-refractivity contribution >= 4 is 11.6 Å². The van der Waals surface area contributed by atoms with Crippen molar-refractivity contribution in [1.82, 2.24) is 0 Å². The molecule has 0 heterocycles. The molecule has 0 N–H and O–H groups in total. The Morgan fingerprint density at radius 2 is 1.57 bits per heavy atom.